The molecule has 0 saturated heterocycles. The second kappa shape index (κ2) is 7.49. The molecular formula is C13H12Cl2N4OS. The van der Waals surface area contributed by atoms with Gasteiger partial charge >= 0.3 is 0 Å². The van der Waals surface area contributed by atoms with Crippen molar-refractivity contribution in [3.8, 4) is 0 Å². The first-order valence-corrected chi connectivity index (χ1v) is 7.70. The highest BCUT2D eigenvalue weighted by atomic mass is 35.5. The van der Waals surface area contributed by atoms with Crippen LogP contribution in [-0.2, 0) is 11.3 Å². The number of anilines is 1. The molecule has 1 N–H and O–H groups in total. The van der Waals surface area contributed by atoms with E-state index in [0.29, 0.717) is 27.4 Å². The summed E-state index contributed by atoms with van der Waals surface area (Å²) in [7, 11) is 0. The van der Waals surface area contributed by atoms with E-state index in [4.69, 9.17) is 23.2 Å². The van der Waals surface area contributed by atoms with Gasteiger partial charge in [0.2, 0.25) is 5.91 Å². The van der Waals surface area contributed by atoms with Crippen LogP contribution in [0.2, 0.25) is 10.0 Å². The van der Waals surface area contributed by atoms with E-state index < -0.39 is 0 Å². The van der Waals surface area contributed by atoms with E-state index in [1.165, 1.54) is 11.8 Å². The minimum absolute atomic E-state index is 0.193. The molecule has 0 aliphatic rings. The predicted octanol–water partition coefficient (Wildman–Crippen LogP) is 3.50. The molecule has 0 atom stereocenters. The predicted molar refractivity (Wildman–Crippen MR) is 86.0 cm³/mol. The van der Waals surface area contributed by atoms with Crippen molar-refractivity contribution >= 4 is 46.6 Å². The number of allylic oxidation sites excluding steroid dienone is 1. The highest BCUT2D eigenvalue weighted by Gasteiger charge is 2.10. The van der Waals surface area contributed by atoms with E-state index in [2.05, 4.69) is 22.1 Å². The lowest BCUT2D eigenvalue weighted by Gasteiger charge is -2.07. The molecule has 0 saturated carbocycles. The van der Waals surface area contributed by atoms with Crippen LogP contribution in [0.1, 0.15) is 0 Å². The molecule has 8 heteroatoms. The molecule has 0 aliphatic carbocycles. The monoisotopic (exact) mass is 342 g/mol. The first-order chi connectivity index (χ1) is 10.1. The summed E-state index contributed by atoms with van der Waals surface area (Å²) in [5.74, 6) is -0.00379. The number of hydrogen-bond donors (Lipinski definition) is 1. The van der Waals surface area contributed by atoms with Crippen molar-refractivity contribution in [2.24, 2.45) is 0 Å². The van der Waals surface area contributed by atoms with Crippen molar-refractivity contribution in [1.29, 1.82) is 0 Å². The van der Waals surface area contributed by atoms with E-state index in [1.807, 2.05) is 0 Å². The Hall–Kier alpha value is -1.50. The summed E-state index contributed by atoms with van der Waals surface area (Å²) < 4.78 is 1.80. The molecule has 21 heavy (non-hydrogen) atoms. The number of nitrogens with zero attached hydrogens (tertiary/aromatic N) is 3. The maximum Gasteiger partial charge on any atom is 0.234 e. The highest BCUT2D eigenvalue weighted by Crippen LogP contribution is 2.25. The van der Waals surface area contributed by atoms with Gasteiger partial charge in [-0.3, -0.25) is 4.79 Å². The topological polar surface area (TPSA) is 59.8 Å². The van der Waals surface area contributed by atoms with E-state index in [9.17, 15) is 4.79 Å². The van der Waals surface area contributed by atoms with Gasteiger partial charge < -0.3 is 9.88 Å². The number of nitrogens with one attached hydrogen (secondary N) is 1. The summed E-state index contributed by atoms with van der Waals surface area (Å²) in [6.45, 7) is 4.25. The second-order valence-electron chi connectivity index (χ2n) is 4.02. The number of hydrogen-bond acceptors (Lipinski definition) is 4. The minimum atomic E-state index is -0.197. The Balaban J connectivity index is 1.94. The van der Waals surface area contributed by atoms with Crippen LogP contribution in [0.3, 0.4) is 0 Å². The standard InChI is InChI=1S/C13H12Cl2N4OS/c1-2-5-19-8-16-18-13(19)21-7-12(20)17-11-6-9(14)3-4-10(11)15/h2-4,6,8H,1,5,7H2,(H,17,20). The normalized spacial score (nSPS) is 10.4. The van der Waals surface area contributed by atoms with Gasteiger partial charge in [0.1, 0.15) is 6.33 Å². The van der Waals surface area contributed by atoms with Crippen LogP contribution in [0.15, 0.2) is 42.3 Å². The van der Waals surface area contributed by atoms with Gasteiger partial charge in [-0.25, -0.2) is 0 Å². The van der Waals surface area contributed by atoms with Gasteiger partial charge in [0.25, 0.3) is 0 Å². The number of carbonyl (C=O) groups excluding carboxylic acids is 1. The fraction of sp³-hybridized carbons (Fsp3) is 0.154. The summed E-state index contributed by atoms with van der Waals surface area (Å²) in [5.41, 5.74) is 0.488. The zero-order valence-electron chi connectivity index (χ0n) is 10.9. The lowest BCUT2D eigenvalue weighted by Crippen LogP contribution is -2.15. The maximum atomic E-state index is 11.9. The van der Waals surface area contributed by atoms with Crippen molar-refractivity contribution in [2.45, 2.75) is 11.7 Å². The lowest BCUT2D eigenvalue weighted by atomic mass is 10.3. The molecule has 0 fully saturated rings. The zero-order valence-corrected chi connectivity index (χ0v) is 13.3. The Morgan fingerprint density at radius 1 is 1.48 bits per heavy atom. The molecule has 2 aromatic rings. The molecule has 1 heterocycles. The van der Waals surface area contributed by atoms with Crippen LogP contribution < -0.4 is 5.32 Å². The van der Waals surface area contributed by atoms with Crippen molar-refractivity contribution in [3.05, 3.63) is 47.2 Å². The van der Waals surface area contributed by atoms with Gasteiger partial charge in [-0.1, -0.05) is 41.0 Å². The number of thioether (sulfide) groups is 1. The number of amides is 1. The zero-order chi connectivity index (χ0) is 15.2. The Morgan fingerprint density at radius 3 is 3.05 bits per heavy atom. The first-order valence-electron chi connectivity index (χ1n) is 5.96. The molecular weight excluding hydrogens is 331 g/mol. The Morgan fingerprint density at radius 2 is 2.29 bits per heavy atom. The summed E-state index contributed by atoms with van der Waals surface area (Å²) in [4.78, 5) is 11.9. The van der Waals surface area contributed by atoms with E-state index in [0.717, 1.165) is 0 Å². The quantitative estimate of drug-likeness (QED) is 0.644. The molecule has 1 aromatic carbocycles. The molecule has 110 valence electrons. The molecule has 2 rings (SSSR count). The third-order valence-corrected chi connectivity index (χ3v) is 3.99. The van der Waals surface area contributed by atoms with Crippen molar-refractivity contribution in [2.75, 3.05) is 11.1 Å². The molecule has 0 aliphatic heterocycles. The molecule has 1 aromatic heterocycles. The van der Waals surface area contributed by atoms with E-state index in [1.54, 1.807) is 35.2 Å². The number of carbonyl (C=O) groups is 1. The van der Waals surface area contributed by atoms with Crippen molar-refractivity contribution < 1.29 is 4.79 Å². The van der Waals surface area contributed by atoms with Gasteiger partial charge in [-0.05, 0) is 18.2 Å². The van der Waals surface area contributed by atoms with Gasteiger partial charge in [0.15, 0.2) is 5.16 Å². The summed E-state index contributed by atoms with van der Waals surface area (Å²) >= 11 is 13.1. The molecule has 0 radical (unpaired) electrons. The Kier molecular flexibility index (Phi) is 5.67. The molecule has 5 nitrogen and oxygen atoms in total. The van der Waals surface area contributed by atoms with Gasteiger partial charge in [0.05, 0.1) is 16.5 Å². The van der Waals surface area contributed by atoms with Gasteiger partial charge in [0, 0.05) is 11.6 Å². The van der Waals surface area contributed by atoms with E-state index in [-0.39, 0.29) is 11.7 Å². The number of benzene rings is 1. The fourth-order valence-corrected chi connectivity index (χ4v) is 2.59. The Labute approximate surface area is 136 Å². The largest absolute Gasteiger partial charge is 0.324 e. The molecule has 0 spiro atoms. The summed E-state index contributed by atoms with van der Waals surface area (Å²) in [6.07, 6.45) is 3.33. The van der Waals surface area contributed by atoms with Crippen LogP contribution in [0.4, 0.5) is 5.69 Å². The minimum Gasteiger partial charge on any atom is -0.324 e. The molecule has 0 bridgehead atoms. The average molecular weight is 343 g/mol. The van der Waals surface area contributed by atoms with Crippen LogP contribution >= 0.6 is 35.0 Å². The third kappa shape index (κ3) is 4.49. The number of halogens is 2. The maximum absolute atomic E-state index is 11.9. The van der Waals surface area contributed by atoms with Crippen LogP contribution in [0, 0.1) is 0 Å². The Bertz CT molecular complexity index is 659. The first kappa shape index (κ1) is 15.9. The average Bonchev–Trinajstić information content (AvgIpc) is 2.88. The SMILES string of the molecule is C=CCn1cnnc1SCC(=O)Nc1cc(Cl)ccc1Cl. The number of rotatable bonds is 6. The number of aromatic nitrogens is 3. The third-order valence-electron chi connectivity index (χ3n) is 2.44. The van der Waals surface area contributed by atoms with E-state index >= 15 is 0 Å². The smallest absolute Gasteiger partial charge is 0.234 e. The fourth-order valence-electron chi connectivity index (χ4n) is 1.53. The lowest BCUT2D eigenvalue weighted by molar-refractivity contribution is -0.113. The molecule has 0 unspecified atom stereocenters. The summed E-state index contributed by atoms with van der Waals surface area (Å²) in [6, 6.07) is 4.89. The van der Waals surface area contributed by atoms with Gasteiger partial charge in [-0.2, -0.15) is 0 Å². The van der Waals surface area contributed by atoms with Crippen molar-refractivity contribution in [1.82, 2.24) is 14.8 Å². The van der Waals surface area contributed by atoms with Crippen LogP contribution in [-0.4, -0.2) is 26.4 Å². The van der Waals surface area contributed by atoms with Crippen molar-refractivity contribution in [3.63, 3.8) is 0 Å². The molecule has 1 amide bonds. The second-order valence-corrected chi connectivity index (χ2v) is 5.80. The van der Waals surface area contributed by atoms with Crippen LogP contribution in [0.5, 0.6) is 0 Å². The van der Waals surface area contributed by atoms with Crippen LogP contribution in [0.25, 0.3) is 0 Å². The van der Waals surface area contributed by atoms with Gasteiger partial charge in [-0.15, -0.1) is 16.8 Å². The summed E-state index contributed by atoms with van der Waals surface area (Å²) in [5, 5.41) is 12.1. The highest BCUT2D eigenvalue weighted by molar-refractivity contribution is 7.99.